The number of aromatic nitrogens is 2. The van der Waals surface area contributed by atoms with Gasteiger partial charge in [0.1, 0.15) is 0 Å². The van der Waals surface area contributed by atoms with Crippen molar-refractivity contribution in [2.75, 3.05) is 13.1 Å². The lowest BCUT2D eigenvalue weighted by Crippen LogP contribution is -2.36. The fraction of sp³-hybridized carbons (Fsp3) is 0.636. The molecule has 0 saturated carbocycles. The van der Waals surface area contributed by atoms with E-state index in [0.29, 0.717) is 19.6 Å². The molecular formula is C11H19N7O2. The van der Waals surface area contributed by atoms with Crippen LogP contribution in [0.2, 0.25) is 0 Å². The Hall–Kier alpha value is -2.16. The fourth-order valence-corrected chi connectivity index (χ4v) is 2.24. The van der Waals surface area contributed by atoms with Crippen molar-refractivity contribution >= 4 is 5.96 Å². The van der Waals surface area contributed by atoms with Crippen LogP contribution in [-0.2, 0) is 19.5 Å². The molecule has 20 heavy (non-hydrogen) atoms. The molecule has 0 spiro atoms. The van der Waals surface area contributed by atoms with Crippen molar-refractivity contribution < 1.29 is 5.03 Å². The molecular weight excluding hydrogens is 262 g/mol. The molecule has 0 radical (unpaired) electrons. The van der Waals surface area contributed by atoms with Gasteiger partial charge in [-0.1, -0.05) is 5.43 Å². The zero-order chi connectivity index (χ0) is 14.4. The maximum Gasteiger partial charge on any atom is 0.251 e. The SMILES string of the molecule is NC(=NCCNCc1ncn2c1CCCC2)N[N+](=O)[O-]. The van der Waals surface area contributed by atoms with Crippen molar-refractivity contribution in [1.29, 1.82) is 0 Å². The van der Waals surface area contributed by atoms with E-state index in [1.54, 1.807) is 5.43 Å². The van der Waals surface area contributed by atoms with E-state index in [1.165, 1.54) is 18.5 Å². The summed E-state index contributed by atoms with van der Waals surface area (Å²) in [6.45, 7) is 2.70. The summed E-state index contributed by atoms with van der Waals surface area (Å²) in [6.07, 6.45) is 5.40. The van der Waals surface area contributed by atoms with E-state index in [9.17, 15) is 10.1 Å². The molecule has 1 aliphatic rings. The molecule has 0 unspecified atom stereocenters. The van der Waals surface area contributed by atoms with Gasteiger partial charge in [0.15, 0.2) is 5.03 Å². The molecule has 1 aromatic rings. The van der Waals surface area contributed by atoms with Gasteiger partial charge < -0.3 is 15.6 Å². The number of nitrogens with two attached hydrogens (primary N) is 1. The highest BCUT2D eigenvalue weighted by molar-refractivity contribution is 5.76. The Morgan fingerprint density at radius 3 is 3.25 bits per heavy atom. The first-order valence-corrected chi connectivity index (χ1v) is 6.61. The Morgan fingerprint density at radius 1 is 1.60 bits per heavy atom. The summed E-state index contributed by atoms with van der Waals surface area (Å²) in [6, 6.07) is 0. The molecule has 110 valence electrons. The van der Waals surface area contributed by atoms with Crippen LogP contribution in [0.25, 0.3) is 0 Å². The number of nitrogens with one attached hydrogen (secondary N) is 2. The van der Waals surface area contributed by atoms with E-state index in [-0.39, 0.29) is 5.96 Å². The minimum absolute atomic E-state index is 0.184. The number of aryl methyl sites for hydroxylation is 1. The average Bonchev–Trinajstić information content (AvgIpc) is 2.81. The number of hydrogen-bond donors (Lipinski definition) is 3. The first kappa shape index (κ1) is 14.3. The van der Waals surface area contributed by atoms with Crippen molar-refractivity contribution in [1.82, 2.24) is 20.3 Å². The van der Waals surface area contributed by atoms with E-state index in [2.05, 4.69) is 19.9 Å². The predicted molar refractivity (Wildman–Crippen MR) is 73.5 cm³/mol. The third-order valence-electron chi connectivity index (χ3n) is 3.16. The lowest BCUT2D eigenvalue weighted by molar-refractivity contribution is -0.525. The van der Waals surface area contributed by atoms with Crippen LogP contribution in [0.1, 0.15) is 24.2 Å². The number of nitro groups is 1. The van der Waals surface area contributed by atoms with Gasteiger partial charge in [-0.25, -0.2) is 20.1 Å². The molecule has 0 aromatic carbocycles. The van der Waals surface area contributed by atoms with Crippen LogP contribution < -0.4 is 16.5 Å². The monoisotopic (exact) mass is 281 g/mol. The number of hydrogen-bond acceptors (Lipinski definition) is 5. The molecule has 2 rings (SSSR count). The summed E-state index contributed by atoms with van der Waals surface area (Å²) in [7, 11) is 0. The number of fused-ring (bicyclic) bond motifs is 1. The minimum atomic E-state index is -0.732. The Bertz CT molecular complexity index is 497. The highest BCUT2D eigenvalue weighted by Crippen LogP contribution is 2.17. The number of imidazole rings is 1. The molecule has 9 nitrogen and oxygen atoms in total. The largest absolute Gasteiger partial charge is 0.365 e. The Labute approximate surface area is 116 Å². The van der Waals surface area contributed by atoms with Crippen molar-refractivity contribution in [2.24, 2.45) is 10.7 Å². The van der Waals surface area contributed by atoms with Gasteiger partial charge in [-0.05, 0) is 19.3 Å². The normalized spacial score (nSPS) is 14.9. The second kappa shape index (κ2) is 6.85. The number of rotatable bonds is 6. The first-order valence-electron chi connectivity index (χ1n) is 6.61. The van der Waals surface area contributed by atoms with E-state index in [4.69, 9.17) is 5.73 Å². The summed E-state index contributed by atoms with van der Waals surface area (Å²) >= 11 is 0. The molecule has 0 aliphatic carbocycles. The minimum Gasteiger partial charge on any atom is -0.365 e. The third kappa shape index (κ3) is 3.92. The average molecular weight is 281 g/mol. The van der Waals surface area contributed by atoms with Crippen molar-refractivity contribution in [3.63, 3.8) is 0 Å². The van der Waals surface area contributed by atoms with Gasteiger partial charge in [0, 0.05) is 25.3 Å². The van der Waals surface area contributed by atoms with E-state index < -0.39 is 5.03 Å². The van der Waals surface area contributed by atoms with Gasteiger partial charge in [0.25, 0.3) is 5.96 Å². The molecule has 0 atom stereocenters. The van der Waals surface area contributed by atoms with Gasteiger partial charge in [-0.15, -0.1) is 0 Å². The summed E-state index contributed by atoms with van der Waals surface area (Å²) in [5.74, 6) is -0.184. The maximum absolute atomic E-state index is 10.1. The summed E-state index contributed by atoms with van der Waals surface area (Å²) in [5, 5.41) is 12.6. The van der Waals surface area contributed by atoms with E-state index >= 15 is 0 Å². The summed E-state index contributed by atoms with van der Waals surface area (Å²) in [5.41, 5.74) is 9.47. The molecule has 2 heterocycles. The highest BCUT2D eigenvalue weighted by Gasteiger charge is 2.13. The van der Waals surface area contributed by atoms with Gasteiger partial charge in [0.05, 0.1) is 18.6 Å². The van der Waals surface area contributed by atoms with Crippen molar-refractivity contribution in [3.05, 3.63) is 27.8 Å². The highest BCUT2D eigenvalue weighted by atomic mass is 16.7. The molecule has 4 N–H and O–H groups in total. The van der Waals surface area contributed by atoms with Crippen LogP contribution in [-0.4, -0.2) is 33.6 Å². The lowest BCUT2D eigenvalue weighted by Gasteiger charge is -2.15. The standard InChI is InChI=1S/C11H19N7O2/c12-11(16-18(19)20)14-5-4-13-7-9-10-3-1-2-6-17(10)8-15-9/h8,13H,1-7H2,(H3,12,14,16). The molecule has 9 heteroatoms. The Morgan fingerprint density at radius 2 is 2.45 bits per heavy atom. The predicted octanol–water partition coefficient (Wildman–Crippen LogP) is -0.595. The van der Waals surface area contributed by atoms with Crippen LogP contribution >= 0.6 is 0 Å². The summed E-state index contributed by atoms with van der Waals surface area (Å²) in [4.78, 5) is 18.3. The number of nitrogens with zero attached hydrogens (tertiary/aromatic N) is 4. The Kier molecular flexibility index (Phi) is 4.88. The molecule has 0 fully saturated rings. The third-order valence-corrected chi connectivity index (χ3v) is 3.16. The van der Waals surface area contributed by atoms with Crippen LogP contribution in [0, 0.1) is 10.1 Å². The van der Waals surface area contributed by atoms with E-state index in [1.807, 2.05) is 6.33 Å². The number of hydrazine groups is 1. The second-order valence-corrected chi connectivity index (χ2v) is 4.60. The molecule has 1 aromatic heterocycles. The molecule has 0 amide bonds. The zero-order valence-electron chi connectivity index (χ0n) is 11.2. The van der Waals surface area contributed by atoms with Crippen LogP contribution in [0.3, 0.4) is 0 Å². The van der Waals surface area contributed by atoms with Crippen LogP contribution in [0.5, 0.6) is 0 Å². The number of aliphatic imine (C=N–C) groups is 1. The van der Waals surface area contributed by atoms with Gasteiger partial charge in [-0.2, -0.15) is 0 Å². The first-order chi connectivity index (χ1) is 9.66. The molecule has 1 aliphatic heterocycles. The van der Waals surface area contributed by atoms with Gasteiger partial charge >= 0.3 is 0 Å². The van der Waals surface area contributed by atoms with E-state index in [0.717, 1.165) is 18.7 Å². The fourth-order valence-electron chi connectivity index (χ4n) is 2.24. The van der Waals surface area contributed by atoms with Crippen LogP contribution in [0.15, 0.2) is 11.3 Å². The Balaban J connectivity index is 1.71. The van der Waals surface area contributed by atoms with Gasteiger partial charge in [0.2, 0.25) is 0 Å². The summed E-state index contributed by atoms with van der Waals surface area (Å²) < 4.78 is 2.21. The second-order valence-electron chi connectivity index (χ2n) is 4.60. The maximum atomic E-state index is 10.1. The quantitative estimate of drug-likeness (QED) is 0.210. The topological polar surface area (TPSA) is 123 Å². The molecule has 0 saturated heterocycles. The van der Waals surface area contributed by atoms with Crippen molar-refractivity contribution in [3.8, 4) is 0 Å². The smallest absolute Gasteiger partial charge is 0.251 e. The van der Waals surface area contributed by atoms with Gasteiger partial charge in [-0.3, -0.25) is 0 Å². The van der Waals surface area contributed by atoms with Crippen LogP contribution in [0.4, 0.5) is 0 Å². The van der Waals surface area contributed by atoms with Crippen molar-refractivity contribution in [2.45, 2.75) is 32.4 Å². The lowest BCUT2D eigenvalue weighted by atomic mass is 10.1. The molecule has 0 bridgehead atoms. The zero-order valence-corrected chi connectivity index (χ0v) is 11.2. The number of guanidine groups is 1.